The lowest BCUT2D eigenvalue weighted by molar-refractivity contribution is 0.208. The number of hydrogen-bond acceptors (Lipinski definition) is 3. The van der Waals surface area contributed by atoms with Gasteiger partial charge in [0, 0.05) is 6.54 Å². The highest BCUT2D eigenvalue weighted by molar-refractivity contribution is 5.78. The minimum atomic E-state index is -0.238. The van der Waals surface area contributed by atoms with Crippen LogP contribution < -0.4 is 5.73 Å². The average Bonchev–Trinajstić information content (AvgIpc) is 2.73. The van der Waals surface area contributed by atoms with Gasteiger partial charge in [-0.1, -0.05) is 0 Å². The zero-order valence-electron chi connectivity index (χ0n) is 11.8. The molecule has 0 radical (unpaired) electrons. The Hall–Kier alpha value is -1.62. The van der Waals surface area contributed by atoms with Crippen LogP contribution in [0.5, 0.6) is 0 Å². The van der Waals surface area contributed by atoms with E-state index in [1.807, 2.05) is 4.57 Å². The van der Waals surface area contributed by atoms with Gasteiger partial charge < -0.3 is 15.2 Å². The fourth-order valence-electron chi connectivity index (χ4n) is 3.01. The highest BCUT2D eigenvalue weighted by atomic mass is 19.1. The summed E-state index contributed by atoms with van der Waals surface area (Å²) < 4.78 is 15.3. The largest absolute Gasteiger partial charge is 0.369 e. The Morgan fingerprint density at radius 3 is 2.85 bits per heavy atom. The third-order valence-electron chi connectivity index (χ3n) is 4.34. The molecule has 1 fully saturated rings. The normalized spacial score (nSPS) is 17.9. The summed E-state index contributed by atoms with van der Waals surface area (Å²) in [7, 11) is 2.17. The lowest BCUT2D eigenvalue weighted by Crippen LogP contribution is -2.30. The monoisotopic (exact) mass is 276 g/mol. The second-order valence-corrected chi connectivity index (χ2v) is 5.79. The first-order valence-electron chi connectivity index (χ1n) is 7.23. The predicted octanol–water partition coefficient (Wildman–Crippen LogP) is 2.49. The smallest absolute Gasteiger partial charge is 0.201 e. The molecule has 4 nitrogen and oxygen atoms in total. The number of likely N-dealkylation sites (tertiary alicyclic amines) is 1. The van der Waals surface area contributed by atoms with Crippen molar-refractivity contribution in [1.29, 1.82) is 0 Å². The Morgan fingerprint density at radius 1 is 1.35 bits per heavy atom. The molecule has 20 heavy (non-hydrogen) atoms. The molecule has 5 heteroatoms. The molecule has 1 aliphatic heterocycles. The van der Waals surface area contributed by atoms with Crippen LogP contribution in [0.25, 0.3) is 11.0 Å². The van der Waals surface area contributed by atoms with Crippen molar-refractivity contribution in [3.63, 3.8) is 0 Å². The number of aryl methyl sites for hydroxylation is 1. The van der Waals surface area contributed by atoms with Crippen molar-refractivity contribution >= 4 is 17.0 Å². The quantitative estimate of drug-likeness (QED) is 0.937. The molecular weight excluding hydrogens is 255 g/mol. The van der Waals surface area contributed by atoms with Crippen molar-refractivity contribution in [1.82, 2.24) is 14.5 Å². The van der Waals surface area contributed by atoms with Gasteiger partial charge in [-0.15, -0.1) is 0 Å². The second kappa shape index (κ2) is 5.40. The average molecular weight is 276 g/mol. The van der Waals surface area contributed by atoms with Crippen molar-refractivity contribution in [2.75, 3.05) is 25.9 Å². The van der Waals surface area contributed by atoms with E-state index in [1.165, 1.54) is 38.1 Å². The van der Waals surface area contributed by atoms with Crippen LogP contribution in [0.15, 0.2) is 18.2 Å². The van der Waals surface area contributed by atoms with Crippen molar-refractivity contribution < 1.29 is 4.39 Å². The molecule has 0 unspecified atom stereocenters. The number of aromatic nitrogens is 2. The van der Waals surface area contributed by atoms with Crippen molar-refractivity contribution in [3.05, 3.63) is 24.0 Å². The van der Waals surface area contributed by atoms with E-state index in [2.05, 4.69) is 16.9 Å². The Bertz CT molecular complexity index is 599. The summed E-state index contributed by atoms with van der Waals surface area (Å²) in [6, 6.07) is 4.64. The molecule has 0 amide bonds. The first-order valence-corrected chi connectivity index (χ1v) is 7.23. The Kier molecular flexibility index (Phi) is 3.61. The van der Waals surface area contributed by atoms with Crippen molar-refractivity contribution in [2.24, 2.45) is 5.92 Å². The minimum Gasteiger partial charge on any atom is -0.369 e. The van der Waals surface area contributed by atoms with E-state index in [9.17, 15) is 4.39 Å². The number of imidazole rings is 1. The number of nitrogens with zero attached hydrogens (tertiary/aromatic N) is 3. The second-order valence-electron chi connectivity index (χ2n) is 5.79. The van der Waals surface area contributed by atoms with Gasteiger partial charge in [-0.25, -0.2) is 9.37 Å². The van der Waals surface area contributed by atoms with E-state index in [0.29, 0.717) is 5.95 Å². The molecule has 0 spiro atoms. The number of rotatable bonds is 3. The Labute approximate surface area is 118 Å². The number of nitrogen functional groups attached to an aromatic ring is 1. The molecule has 2 N–H and O–H groups in total. The van der Waals surface area contributed by atoms with Crippen molar-refractivity contribution in [2.45, 2.75) is 25.8 Å². The number of anilines is 1. The van der Waals surface area contributed by atoms with Crippen molar-refractivity contribution in [3.8, 4) is 0 Å². The highest BCUT2D eigenvalue weighted by Crippen LogP contribution is 2.24. The number of benzene rings is 1. The molecule has 3 rings (SSSR count). The first-order chi connectivity index (χ1) is 9.63. The van der Waals surface area contributed by atoms with Gasteiger partial charge in [0.15, 0.2) is 0 Å². The maximum Gasteiger partial charge on any atom is 0.201 e. The number of piperidine rings is 1. The van der Waals surface area contributed by atoms with Gasteiger partial charge in [0.2, 0.25) is 5.95 Å². The number of hydrogen-bond donors (Lipinski definition) is 1. The van der Waals surface area contributed by atoms with Crippen LogP contribution in [0.3, 0.4) is 0 Å². The molecule has 0 atom stereocenters. The summed E-state index contributed by atoms with van der Waals surface area (Å²) in [4.78, 5) is 6.66. The Morgan fingerprint density at radius 2 is 2.10 bits per heavy atom. The zero-order chi connectivity index (χ0) is 14.1. The van der Waals surface area contributed by atoms with E-state index in [-0.39, 0.29) is 5.82 Å². The molecule has 1 aromatic heterocycles. The number of halogens is 1. The predicted molar refractivity (Wildman–Crippen MR) is 78.9 cm³/mol. The third-order valence-corrected chi connectivity index (χ3v) is 4.34. The number of nitrogens with two attached hydrogens (primary N) is 1. The first kappa shape index (κ1) is 13.4. The fourth-order valence-corrected chi connectivity index (χ4v) is 3.01. The lowest BCUT2D eigenvalue weighted by Gasteiger charge is -2.29. The van der Waals surface area contributed by atoms with Crippen LogP contribution in [-0.2, 0) is 6.54 Å². The summed E-state index contributed by atoms with van der Waals surface area (Å²) >= 11 is 0. The van der Waals surface area contributed by atoms with E-state index >= 15 is 0 Å². The standard InChI is InChI=1S/C15H21FN4/c1-19-7-4-11(5-8-19)6-9-20-14-10-12(16)2-3-13(14)18-15(20)17/h2-3,10-11H,4-9H2,1H3,(H2,17,18). The SMILES string of the molecule is CN1CCC(CCn2c(N)nc3ccc(F)cc32)CC1. The van der Waals surface area contributed by atoms with E-state index in [0.717, 1.165) is 29.9 Å². The molecule has 1 aromatic carbocycles. The van der Waals surface area contributed by atoms with Gasteiger partial charge in [0.1, 0.15) is 5.82 Å². The summed E-state index contributed by atoms with van der Waals surface area (Å²) in [5.74, 6) is 0.980. The highest BCUT2D eigenvalue weighted by Gasteiger charge is 2.17. The lowest BCUT2D eigenvalue weighted by atomic mass is 9.94. The zero-order valence-corrected chi connectivity index (χ0v) is 11.8. The maximum absolute atomic E-state index is 13.4. The molecule has 2 heterocycles. The topological polar surface area (TPSA) is 47.1 Å². The summed E-state index contributed by atoms with van der Waals surface area (Å²) in [6.45, 7) is 3.15. The minimum absolute atomic E-state index is 0.238. The molecule has 108 valence electrons. The molecular formula is C15H21FN4. The number of fused-ring (bicyclic) bond motifs is 1. The van der Waals surface area contributed by atoms with Crippen LogP contribution in [-0.4, -0.2) is 34.6 Å². The van der Waals surface area contributed by atoms with Gasteiger partial charge in [0.25, 0.3) is 0 Å². The molecule has 0 saturated carbocycles. The molecule has 1 saturated heterocycles. The van der Waals surface area contributed by atoms with Crippen LogP contribution in [0.2, 0.25) is 0 Å². The van der Waals surface area contributed by atoms with Gasteiger partial charge in [-0.3, -0.25) is 0 Å². The maximum atomic E-state index is 13.4. The van der Waals surface area contributed by atoms with Crippen LogP contribution >= 0.6 is 0 Å². The molecule has 2 aromatic rings. The Balaban J connectivity index is 1.74. The van der Waals surface area contributed by atoms with Gasteiger partial charge in [0.05, 0.1) is 11.0 Å². The van der Waals surface area contributed by atoms with Gasteiger partial charge >= 0.3 is 0 Å². The van der Waals surface area contributed by atoms with Crippen LogP contribution in [0, 0.1) is 11.7 Å². The van der Waals surface area contributed by atoms with E-state index in [4.69, 9.17) is 5.73 Å². The van der Waals surface area contributed by atoms with E-state index < -0.39 is 0 Å². The molecule has 0 aliphatic carbocycles. The fraction of sp³-hybridized carbons (Fsp3) is 0.533. The molecule has 1 aliphatic rings. The summed E-state index contributed by atoms with van der Waals surface area (Å²) in [6.07, 6.45) is 3.55. The van der Waals surface area contributed by atoms with Crippen LogP contribution in [0.4, 0.5) is 10.3 Å². The van der Waals surface area contributed by atoms with E-state index in [1.54, 1.807) is 6.07 Å². The van der Waals surface area contributed by atoms with Crippen LogP contribution in [0.1, 0.15) is 19.3 Å². The third kappa shape index (κ3) is 2.63. The molecule has 0 bridgehead atoms. The summed E-state index contributed by atoms with van der Waals surface area (Å²) in [5.41, 5.74) is 7.53. The van der Waals surface area contributed by atoms with Gasteiger partial charge in [-0.2, -0.15) is 0 Å². The summed E-state index contributed by atoms with van der Waals surface area (Å²) in [5, 5.41) is 0. The van der Waals surface area contributed by atoms with Gasteiger partial charge in [-0.05, 0) is 63.5 Å².